The molecule has 2 rings (SSSR count). The molecular formula is C13H18ClFN2O2. The van der Waals surface area contributed by atoms with Crippen molar-refractivity contribution in [3.63, 3.8) is 0 Å². The van der Waals surface area contributed by atoms with Crippen LogP contribution in [0.15, 0.2) is 24.3 Å². The van der Waals surface area contributed by atoms with Gasteiger partial charge in [-0.25, -0.2) is 4.39 Å². The highest BCUT2D eigenvalue weighted by Crippen LogP contribution is 2.14. The van der Waals surface area contributed by atoms with Gasteiger partial charge in [0.1, 0.15) is 11.6 Å². The Hall–Kier alpha value is -1.33. The highest BCUT2D eigenvalue weighted by Gasteiger charge is 2.23. The number of nitrogens with zero attached hydrogens (tertiary/aromatic N) is 1. The summed E-state index contributed by atoms with van der Waals surface area (Å²) in [5, 5.41) is 3.19. The van der Waals surface area contributed by atoms with Crippen LogP contribution in [0.25, 0.3) is 0 Å². The summed E-state index contributed by atoms with van der Waals surface area (Å²) in [6.45, 7) is 4.75. The van der Waals surface area contributed by atoms with E-state index in [1.165, 1.54) is 24.3 Å². The van der Waals surface area contributed by atoms with Crippen LogP contribution in [0.3, 0.4) is 0 Å². The maximum absolute atomic E-state index is 12.7. The van der Waals surface area contributed by atoms with E-state index in [1.807, 2.05) is 0 Å². The minimum atomic E-state index is -0.548. The number of hydrogen-bond donors (Lipinski definition) is 1. The van der Waals surface area contributed by atoms with Crippen molar-refractivity contribution in [3.05, 3.63) is 30.1 Å². The molecule has 1 amide bonds. The third kappa shape index (κ3) is 4.36. The first-order chi connectivity index (χ1) is 8.66. The number of halogens is 2. The standard InChI is InChI=1S/C13H17FN2O2.ClH/c1-10(13(17)16-8-6-15-7-9-16)18-12-4-2-11(14)3-5-12;/h2-5,10,15H,6-9H2,1H3;1H. The van der Waals surface area contributed by atoms with E-state index in [0.717, 1.165) is 13.1 Å². The van der Waals surface area contributed by atoms with Crippen molar-refractivity contribution in [2.24, 2.45) is 0 Å². The van der Waals surface area contributed by atoms with E-state index in [9.17, 15) is 9.18 Å². The second-order valence-electron chi connectivity index (χ2n) is 4.29. The quantitative estimate of drug-likeness (QED) is 0.915. The van der Waals surface area contributed by atoms with Crippen molar-refractivity contribution in [2.45, 2.75) is 13.0 Å². The van der Waals surface area contributed by atoms with Gasteiger partial charge in [-0.15, -0.1) is 12.4 Å². The average Bonchev–Trinajstić information content (AvgIpc) is 2.41. The lowest BCUT2D eigenvalue weighted by Gasteiger charge is -2.29. The van der Waals surface area contributed by atoms with Gasteiger partial charge >= 0.3 is 0 Å². The van der Waals surface area contributed by atoms with Gasteiger partial charge in [0.05, 0.1) is 0 Å². The van der Waals surface area contributed by atoms with Crippen molar-refractivity contribution in [3.8, 4) is 5.75 Å². The van der Waals surface area contributed by atoms with E-state index < -0.39 is 6.10 Å². The maximum Gasteiger partial charge on any atom is 0.263 e. The number of nitrogens with one attached hydrogen (secondary N) is 1. The fourth-order valence-electron chi connectivity index (χ4n) is 1.91. The molecule has 1 unspecified atom stereocenters. The summed E-state index contributed by atoms with van der Waals surface area (Å²) in [5.41, 5.74) is 0. The molecule has 1 aromatic rings. The molecule has 0 aromatic heterocycles. The van der Waals surface area contributed by atoms with Crippen LogP contribution in [0.4, 0.5) is 4.39 Å². The number of rotatable bonds is 3. The molecule has 0 aliphatic carbocycles. The fraction of sp³-hybridized carbons (Fsp3) is 0.462. The Morgan fingerprint density at radius 3 is 2.47 bits per heavy atom. The smallest absolute Gasteiger partial charge is 0.263 e. The summed E-state index contributed by atoms with van der Waals surface area (Å²) in [4.78, 5) is 13.9. The van der Waals surface area contributed by atoms with Crippen LogP contribution >= 0.6 is 12.4 Å². The number of ether oxygens (including phenoxy) is 1. The van der Waals surface area contributed by atoms with Crippen molar-refractivity contribution < 1.29 is 13.9 Å². The number of carbonyl (C=O) groups is 1. The van der Waals surface area contributed by atoms with Crippen molar-refractivity contribution in [1.82, 2.24) is 10.2 Å². The van der Waals surface area contributed by atoms with E-state index in [1.54, 1.807) is 11.8 Å². The number of benzene rings is 1. The molecule has 1 saturated heterocycles. The van der Waals surface area contributed by atoms with Crippen LogP contribution in [0.1, 0.15) is 6.92 Å². The van der Waals surface area contributed by atoms with Crippen molar-refractivity contribution in [1.29, 1.82) is 0 Å². The Kier molecular flexibility index (Phi) is 6.05. The summed E-state index contributed by atoms with van der Waals surface area (Å²) in [6.07, 6.45) is -0.548. The molecule has 1 aromatic carbocycles. The summed E-state index contributed by atoms with van der Waals surface area (Å²) in [5.74, 6) is 0.164. The van der Waals surface area contributed by atoms with Crippen LogP contribution in [-0.4, -0.2) is 43.1 Å². The van der Waals surface area contributed by atoms with Crippen LogP contribution in [-0.2, 0) is 4.79 Å². The molecule has 1 heterocycles. The molecule has 1 aliphatic heterocycles. The summed E-state index contributed by atoms with van der Waals surface area (Å²) >= 11 is 0. The van der Waals surface area contributed by atoms with E-state index in [2.05, 4.69) is 5.32 Å². The minimum Gasteiger partial charge on any atom is -0.481 e. The highest BCUT2D eigenvalue weighted by molar-refractivity contribution is 5.85. The molecule has 6 heteroatoms. The normalized spacial score (nSPS) is 16.4. The summed E-state index contributed by atoms with van der Waals surface area (Å²) in [6, 6.07) is 5.68. The molecule has 1 fully saturated rings. The molecule has 1 aliphatic rings. The molecule has 1 N–H and O–H groups in total. The van der Waals surface area contributed by atoms with Gasteiger partial charge in [-0.2, -0.15) is 0 Å². The van der Waals surface area contributed by atoms with Crippen molar-refractivity contribution >= 4 is 18.3 Å². The molecule has 0 radical (unpaired) electrons. The predicted molar refractivity (Wildman–Crippen MR) is 73.2 cm³/mol. The van der Waals surface area contributed by atoms with Gasteiger partial charge in [-0.3, -0.25) is 4.79 Å². The molecular weight excluding hydrogens is 271 g/mol. The largest absolute Gasteiger partial charge is 0.481 e. The third-order valence-corrected chi connectivity index (χ3v) is 2.90. The Balaban J connectivity index is 0.00000180. The Morgan fingerprint density at radius 1 is 1.32 bits per heavy atom. The van der Waals surface area contributed by atoms with Gasteiger partial charge in [0.25, 0.3) is 5.91 Å². The Labute approximate surface area is 118 Å². The third-order valence-electron chi connectivity index (χ3n) is 2.90. The maximum atomic E-state index is 12.7. The SMILES string of the molecule is CC(Oc1ccc(F)cc1)C(=O)N1CCNCC1.Cl. The lowest BCUT2D eigenvalue weighted by Crippen LogP contribution is -2.50. The van der Waals surface area contributed by atoms with E-state index in [4.69, 9.17) is 4.74 Å². The van der Waals surface area contributed by atoms with Gasteiger partial charge in [0.2, 0.25) is 0 Å². The first kappa shape index (κ1) is 15.7. The van der Waals surface area contributed by atoms with Gasteiger partial charge < -0.3 is 15.0 Å². The lowest BCUT2D eigenvalue weighted by atomic mass is 10.2. The second kappa shape index (κ2) is 7.31. The zero-order valence-electron chi connectivity index (χ0n) is 10.8. The number of hydrogen-bond acceptors (Lipinski definition) is 3. The molecule has 106 valence electrons. The number of carbonyl (C=O) groups excluding carboxylic acids is 1. The van der Waals surface area contributed by atoms with Gasteiger partial charge in [-0.1, -0.05) is 0 Å². The van der Waals surface area contributed by atoms with Crippen LogP contribution in [0.2, 0.25) is 0 Å². The predicted octanol–water partition coefficient (Wildman–Crippen LogP) is 1.45. The van der Waals surface area contributed by atoms with Gasteiger partial charge in [-0.05, 0) is 31.2 Å². The van der Waals surface area contributed by atoms with E-state index in [-0.39, 0.29) is 24.1 Å². The summed E-state index contributed by atoms with van der Waals surface area (Å²) < 4.78 is 18.2. The lowest BCUT2D eigenvalue weighted by molar-refractivity contribution is -0.138. The van der Waals surface area contributed by atoms with Crippen LogP contribution in [0, 0.1) is 5.82 Å². The molecule has 0 bridgehead atoms. The zero-order chi connectivity index (χ0) is 13.0. The Bertz CT molecular complexity index is 408. The number of amides is 1. The van der Waals surface area contributed by atoms with E-state index >= 15 is 0 Å². The van der Waals surface area contributed by atoms with Crippen molar-refractivity contribution in [2.75, 3.05) is 26.2 Å². The van der Waals surface area contributed by atoms with E-state index in [0.29, 0.717) is 18.8 Å². The number of piperazine rings is 1. The zero-order valence-corrected chi connectivity index (χ0v) is 11.6. The van der Waals surface area contributed by atoms with Crippen LogP contribution < -0.4 is 10.1 Å². The molecule has 1 atom stereocenters. The molecule has 19 heavy (non-hydrogen) atoms. The Morgan fingerprint density at radius 2 is 1.89 bits per heavy atom. The molecule has 0 saturated carbocycles. The summed E-state index contributed by atoms with van der Waals surface area (Å²) in [7, 11) is 0. The van der Waals surface area contributed by atoms with Gasteiger partial charge in [0, 0.05) is 26.2 Å². The molecule has 4 nitrogen and oxygen atoms in total. The second-order valence-corrected chi connectivity index (χ2v) is 4.29. The topological polar surface area (TPSA) is 41.6 Å². The fourth-order valence-corrected chi connectivity index (χ4v) is 1.91. The van der Waals surface area contributed by atoms with Gasteiger partial charge in [0.15, 0.2) is 6.10 Å². The molecule has 0 spiro atoms. The first-order valence-electron chi connectivity index (χ1n) is 6.08. The van der Waals surface area contributed by atoms with Crippen LogP contribution in [0.5, 0.6) is 5.75 Å². The average molecular weight is 289 g/mol. The first-order valence-corrected chi connectivity index (χ1v) is 6.08. The monoisotopic (exact) mass is 288 g/mol. The highest BCUT2D eigenvalue weighted by atomic mass is 35.5. The minimum absolute atomic E-state index is 0.